The van der Waals surface area contributed by atoms with Crippen molar-refractivity contribution in [2.75, 3.05) is 52.4 Å². The highest BCUT2D eigenvalue weighted by Crippen LogP contribution is 1.98. The molecule has 0 atom stereocenters. The van der Waals surface area contributed by atoms with Crippen LogP contribution in [0.3, 0.4) is 0 Å². The van der Waals surface area contributed by atoms with Crippen molar-refractivity contribution in [2.24, 2.45) is 5.92 Å². The molecule has 0 spiro atoms. The molecule has 0 radical (unpaired) electrons. The summed E-state index contributed by atoms with van der Waals surface area (Å²) in [5.41, 5.74) is 0. The number of nitrogens with one attached hydrogen (secondary N) is 4. The van der Waals surface area contributed by atoms with Gasteiger partial charge in [-0.25, -0.2) is 0 Å². The van der Waals surface area contributed by atoms with E-state index in [0.717, 1.165) is 58.3 Å². The van der Waals surface area contributed by atoms with Crippen LogP contribution in [-0.4, -0.2) is 52.4 Å². The zero-order valence-electron chi connectivity index (χ0n) is 10.6. The van der Waals surface area contributed by atoms with E-state index in [9.17, 15) is 0 Å². The summed E-state index contributed by atoms with van der Waals surface area (Å²) in [5, 5.41) is 14.0. The van der Waals surface area contributed by atoms with E-state index in [1.165, 1.54) is 12.8 Å². The van der Waals surface area contributed by atoms with Crippen molar-refractivity contribution in [3.63, 3.8) is 0 Å². The monoisotopic (exact) mass is 228 g/mol. The quantitative estimate of drug-likeness (QED) is 0.501. The minimum absolute atomic E-state index is 0.767. The van der Waals surface area contributed by atoms with E-state index in [1.54, 1.807) is 0 Å². The molecule has 1 fully saturated rings. The van der Waals surface area contributed by atoms with Gasteiger partial charge in [0.25, 0.3) is 0 Å². The molecular weight excluding hydrogens is 200 g/mol. The van der Waals surface area contributed by atoms with Crippen LogP contribution in [0.25, 0.3) is 0 Å². The third-order valence-electron chi connectivity index (χ3n) is 3.11. The lowest BCUT2D eigenvalue weighted by atomic mass is 10.1. The summed E-state index contributed by atoms with van der Waals surface area (Å²) in [6, 6.07) is 0. The Labute approximate surface area is 99.9 Å². The van der Waals surface area contributed by atoms with E-state index in [0.29, 0.717) is 0 Å². The molecule has 0 aromatic rings. The Balaban J connectivity index is 2.16. The second-order valence-corrected chi connectivity index (χ2v) is 4.54. The molecular formula is C12H28N4. The van der Waals surface area contributed by atoms with Gasteiger partial charge in [0.15, 0.2) is 0 Å². The number of hydrogen-bond donors (Lipinski definition) is 4. The maximum Gasteiger partial charge on any atom is 0.00768 e. The lowest BCUT2D eigenvalue weighted by Crippen LogP contribution is -2.38. The van der Waals surface area contributed by atoms with Gasteiger partial charge in [-0.1, -0.05) is 13.3 Å². The van der Waals surface area contributed by atoms with E-state index in [4.69, 9.17) is 0 Å². The van der Waals surface area contributed by atoms with E-state index in [2.05, 4.69) is 28.2 Å². The molecule has 4 heteroatoms. The molecule has 0 aromatic carbocycles. The minimum atomic E-state index is 0.767. The third-order valence-corrected chi connectivity index (χ3v) is 3.11. The Morgan fingerprint density at radius 3 is 1.75 bits per heavy atom. The zero-order chi connectivity index (χ0) is 11.5. The van der Waals surface area contributed by atoms with Gasteiger partial charge in [0.05, 0.1) is 0 Å². The van der Waals surface area contributed by atoms with Gasteiger partial charge in [0.2, 0.25) is 0 Å². The van der Waals surface area contributed by atoms with Crippen LogP contribution in [0.4, 0.5) is 0 Å². The second-order valence-electron chi connectivity index (χ2n) is 4.54. The summed E-state index contributed by atoms with van der Waals surface area (Å²) < 4.78 is 0. The molecule has 96 valence electrons. The van der Waals surface area contributed by atoms with Crippen molar-refractivity contribution in [3.05, 3.63) is 0 Å². The van der Waals surface area contributed by atoms with Gasteiger partial charge < -0.3 is 21.3 Å². The van der Waals surface area contributed by atoms with Crippen LogP contribution >= 0.6 is 0 Å². The summed E-state index contributed by atoms with van der Waals surface area (Å²) in [5.74, 6) is 0.767. The first kappa shape index (κ1) is 13.9. The molecule has 16 heavy (non-hydrogen) atoms. The van der Waals surface area contributed by atoms with Gasteiger partial charge in [0, 0.05) is 26.2 Å². The van der Waals surface area contributed by atoms with Crippen molar-refractivity contribution in [1.29, 1.82) is 0 Å². The van der Waals surface area contributed by atoms with E-state index < -0.39 is 0 Å². The molecule has 1 aliphatic rings. The first-order valence-electron chi connectivity index (χ1n) is 6.76. The fourth-order valence-corrected chi connectivity index (χ4v) is 1.92. The van der Waals surface area contributed by atoms with Crippen molar-refractivity contribution >= 4 is 0 Å². The lowest BCUT2D eigenvalue weighted by molar-refractivity contribution is 0.422. The summed E-state index contributed by atoms with van der Waals surface area (Å²) in [4.78, 5) is 0. The fourth-order valence-electron chi connectivity index (χ4n) is 1.92. The largest absolute Gasteiger partial charge is 0.315 e. The number of rotatable bonds is 1. The van der Waals surface area contributed by atoms with Crippen molar-refractivity contribution < 1.29 is 0 Å². The molecule has 0 saturated carbocycles. The van der Waals surface area contributed by atoms with Gasteiger partial charge in [-0.2, -0.15) is 0 Å². The van der Waals surface area contributed by atoms with Crippen LogP contribution in [-0.2, 0) is 0 Å². The van der Waals surface area contributed by atoms with Gasteiger partial charge in [-0.05, 0) is 38.5 Å². The molecule has 4 nitrogen and oxygen atoms in total. The number of hydrogen-bond acceptors (Lipinski definition) is 4. The molecule has 1 aliphatic heterocycles. The predicted octanol–water partition coefficient (Wildman–Crippen LogP) is -0.225. The summed E-state index contributed by atoms with van der Waals surface area (Å²) in [7, 11) is 0. The summed E-state index contributed by atoms with van der Waals surface area (Å²) in [6.07, 6.45) is 2.47. The smallest absolute Gasteiger partial charge is 0.00768 e. The van der Waals surface area contributed by atoms with Crippen LogP contribution in [0.2, 0.25) is 0 Å². The third kappa shape index (κ3) is 7.17. The van der Waals surface area contributed by atoms with Gasteiger partial charge in [0.1, 0.15) is 0 Å². The average Bonchev–Trinajstić information content (AvgIpc) is 2.32. The molecule has 0 aromatic heterocycles. The van der Waals surface area contributed by atoms with Crippen molar-refractivity contribution in [3.8, 4) is 0 Å². The second kappa shape index (κ2) is 10.0. The minimum Gasteiger partial charge on any atom is -0.315 e. The van der Waals surface area contributed by atoms with Crippen LogP contribution in [0.5, 0.6) is 0 Å². The normalized spacial score (nSPS) is 23.8. The first-order valence-corrected chi connectivity index (χ1v) is 6.76. The van der Waals surface area contributed by atoms with E-state index >= 15 is 0 Å². The van der Waals surface area contributed by atoms with Crippen LogP contribution < -0.4 is 21.3 Å². The Kier molecular flexibility index (Phi) is 8.71. The highest BCUT2D eigenvalue weighted by atomic mass is 15.0. The van der Waals surface area contributed by atoms with Crippen LogP contribution in [0, 0.1) is 5.92 Å². The maximum atomic E-state index is 3.52. The molecule has 0 unspecified atom stereocenters. The highest BCUT2D eigenvalue weighted by molar-refractivity contribution is 4.66. The average molecular weight is 228 g/mol. The Morgan fingerprint density at radius 2 is 1.25 bits per heavy atom. The van der Waals surface area contributed by atoms with Crippen LogP contribution in [0.15, 0.2) is 0 Å². The molecule has 1 heterocycles. The fraction of sp³-hybridized carbons (Fsp3) is 1.00. The maximum absolute atomic E-state index is 3.52. The van der Waals surface area contributed by atoms with Crippen molar-refractivity contribution in [2.45, 2.75) is 19.8 Å². The topological polar surface area (TPSA) is 48.1 Å². The molecule has 0 aliphatic carbocycles. The SMILES string of the molecule is CCC1CNCCNCCCNCCNC1. The Morgan fingerprint density at radius 1 is 0.750 bits per heavy atom. The van der Waals surface area contributed by atoms with Gasteiger partial charge >= 0.3 is 0 Å². The summed E-state index contributed by atoms with van der Waals surface area (Å²) >= 11 is 0. The Hall–Kier alpha value is -0.160. The van der Waals surface area contributed by atoms with Crippen LogP contribution in [0.1, 0.15) is 19.8 Å². The highest BCUT2D eigenvalue weighted by Gasteiger charge is 2.04. The molecule has 4 N–H and O–H groups in total. The first-order chi connectivity index (χ1) is 7.93. The Bertz CT molecular complexity index is 138. The predicted molar refractivity (Wildman–Crippen MR) is 69.9 cm³/mol. The molecule has 1 rings (SSSR count). The lowest BCUT2D eigenvalue weighted by Gasteiger charge is -2.17. The molecule has 1 saturated heterocycles. The standard InChI is InChI=1S/C12H28N4/c1-2-12-10-15-8-6-13-4-3-5-14-7-9-16-11-12/h12-16H,2-11H2,1H3. The van der Waals surface area contributed by atoms with E-state index in [1.807, 2.05) is 0 Å². The zero-order valence-corrected chi connectivity index (χ0v) is 10.6. The van der Waals surface area contributed by atoms with Gasteiger partial charge in [-0.3, -0.25) is 0 Å². The molecule has 0 bridgehead atoms. The van der Waals surface area contributed by atoms with E-state index in [-0.39, 0.29) is 0 Å². The van der Waals surface area contributed by atoms with Gasteiger partial charge in [-0.15, -0.1) is 0 Å². The summed E-state index contributed by atoms with van der Waals surface area (Å²) in [6.45, 7) is 11.1. The molecule has 0 amide bonds. The van der Waals surface area contributed by atoms with Crippen molar-refractivity contribution in [1.82, 2.24) is 21.3 Å².